The van der Waals surface area contributed by atoms with Crippen LogP contribution in [-0.2, 0) is 0 Å². The molecule has 1 aliphatic rings. The first kappa shape index (κ1) is 25.9. The summed E-state index contributed by atoms with van der Waals surface area (Å²) in [6, 6.07) is 2.21. The molecule has 0 bridgehead atoms. The van der Waals surface area contributed by atoms with Crippen LogP contribution in [0.5, 0.6) is 0 Å². The third-order valence-corrected chi connectivity index (χ3v) is 5.64. The molecule has 0 spiro atoms. The molecule has 1 aliphatic heterocycles. The van der Waals surface area contributed by atoms with Crippen LogP contribution in [-0.4, -0.2) is 50.3 Å². The highest BCUT2D eigenvalue weighted by atomic mass is 15.1. The summed E-state index contributed by atoms with van der Waals surface area (Å²) in [5.41, 5.74) is 0. The van der Waals surface area contributed by atoms with Crippen LogP contribution < -0.4 is 21.3 Å². The summed E-state index contributed by atoms with van der Waals surface area (Å²) in [4.78, 5) is 0. The normalized spacial score (nSPS) is 28.7. The van der Waals surface area contributed by atoms with Crippen molar-refractivity contribution >= 4 is 0 Å². The zero-order chi connectivity index (χ0) is 21.1. The van der Waals surface area contributed by atoms with Gasteiger partial charge in [-0.25, -0.2) is 0 Å². The van der Waals surface area contributed by atoms with Crippen molar-refractivity contribution in [2.45, 2.75) is 105 Å². The van der Waals surface area contributed by atoms with Crippen LogP contribution >= 0.6 is 0 Å². The van der Waals surface area contributed by atoms with Gasteiger partial charge in [-0.15, -0.1) is 0 Å². The first-order valence-electron chi connectivity index (χ1n) is 12.1. The Morgan fingerprint density at radius 1 is 0.429 bits per heavy atom. The van der Waals surface area contributed by atoms with Gasteiger partial charge in [0.05, 0.1) is 0 Å². The second kappa shape index (κ2) is 14.0. The first-order valence-corrected chi connectivity index (χ1v) is 12.1. The molecule has 4 atom stereocenters. The molecule has 168 valence electrons. The number of hydrogen-bond acceptors (Lipinski definition) is 4. The van der Waals surface area contributed by atoms with E-state index in [1.807, 2.05) is 0 Å². The van der Waals surface area contributed by atoms with E-state index in [1.165, 1.54) is 25.7 Å². The fraction of sp³-hybridized carbons (Fsp3) is 1.00. The minimum Gasteiger partial charge on any atom is -0.311 e. The van der Waals surface area contributed by atoms with Gasteiger partial charge in [-0.1, -0.05) is 55.4 Å². The summed E-state index contributed by atoms with van der Waals surface area (Å²) >= 11 is 0. The molecule has 0 saturated carbocycles. The number of rotatable bonds is 8. The lowest BCUT2D eigenvalue weighted by atomic mass is 9.98. The summed E-state index contributed by atoms with van der Waals surface area (Å²) in [5.74, 6) is 2.89. The van der Waals surface area contributed by atoms with Crippen molar-refractivity contribution in [3.8, 4) is 0 Å². The average molecular weight is 397 g/mol. The molecule has 1 heterocycles. The lowest BCUT2D eigenvalue weighted by molar-refractivity contribution is 0.287. The Labute approximate surface area is 176 Å². The monoisotopic (exact) mass is 396 g/mol. The van der Waals surface area contributed by atoms with Gasteiger partial charge in [0, 0.05) is 50.3 Å². The molecule has 28 heavy (non-hydrogen) atoms. The maximum absolute atomic E-state index is 3.91. The van der Waals surface area contributed by atoms with Gasteiger partial charge in [-0.05, 0) is 49.4 Å². The van der Waals surface area contributed by atoms with Gasteiger partial charge in [-0.3, -0.25) is 0 Å². The predicted octanol–water partition coefficient (Wildman–Crippen LogP) is 4.02. The Balaban J connectivity index is 2.85. The lowest BCUT2D eigenvalue weighted by Gasteiger charge is -2.33. The highest BCUT2D eigenvalue weighted by Gasteiger charge is 2.21. The third-order valence-electron chi connectivity index (χ3n) is 5.64. The molecular weight excluding hydrogens is 344 g/mol. The van der Waals surface area contributed by atoms with Crippen LogP contribution in [0.3, 0.4) is 0 Å². The smallest absolute Gasteiger partial charge is 0.0195 e. The Bertz CT molecular complexity index is 293. The largest absolute Gasteiger partial charge is 0.311 e. The average Bonchev–Trinajstić information content (AvgIpc) is 2.55. The van der Waals surface area contributed by atoms with Crippen molar-refractivity contribution < 1.29 is 0 Å². The van der Waals surface area contributed by atoms with Crippen LogP contribution in [0.1, 0.15) is 81.1 Å². The van der Waals surface area contributed by atoms with Gasteiger partial charge in [-0.2, -0.15) is 0 Å². The molecule has 4 heteroatoms. The van der Waals surface area contributed by atoms with Crippen LogP contribution in [0, 0.1) is 23.7 Å². The van der Waals surface area contributed by atoms with Gasteiger partial charge in [0.15, 0.2) is 0 Å². The SMILES string of the molecule is CC(C)C[C@H]1CN[C@@H](CC(C)C)CN[C@@H](CC(C)C)CN[C@@H](CC(C)C)CN1. The molecule has 0 aromatic carbocycles. The zero-order valence-electron chi connectivity index (χ0n) is 20.3. The highest BCUT2D eigenvalue weighted by Crippen LogP contribution is 2.11. The van der Waals surface area contributed by atoms with Crippen molar-refractivity contribution in [2.75, 3.05) is 26.2 Å². The van der Waals surface area contributed by atoms with Crippen LogP contribution in [0.15, 0.2) is 0 Å². The van der Waals surface area contributed by atoms with Gasteiger partial charge in [0.25, 0.3) is 0 Å². The van der Waals surface area contributed by atoms with E-state index in [9.17, 15) is 0 Å². The quantitative estimate of drug-likeness (QED) is 0.500. The van der Waals surface area contributed by atoms with E-state index in [4.69, 9.17) is 0 Å². The van der Waals surface area contributed by atoms with Gasteiger partial charge in [0.2, 0.25) is 0 Å². The van der Waals surface area contributed by atoms with Gasteiger partial charge in [0.1, 0.15) is 0 Å². The minimum atomic E-state index is 0.553. The van der Waals surface area contributed by atoms with Gasteiger partial charge < -0.3 is 21.3 Å². The molecule has 0 unspecified atom stereocenters. The van der Waals surface area contributed by atoms with Gasteiger partial charge >= 0.3 is 0 Å². The van der Waals surface area contributed by atoms with Crippen LogP contribution in [0.2, 0.25) is 0 Å². The summed E-state index contributed by atoms with van der Waals surface area (Å²) in [6.07, 6.45) is 4.94. The lowest BCUT2D eigenvalue weighted by Crippen LogP contribution is -2.54. The third kappa shape index (κ3) is 12.4. The molecule has 4 N–H and O–H groups in total. The molecule has 4 nitrogen and oxygen atoms in total. The molecule has 0 aromatic heterocycles. The second-order valence-electron chi connectivity index (χ2n) is 10.9. The second-order valence-corrected chi connectivity index (χ2v) is 10.9. The fourth-order valence-corrected chi connectivity index (χ4v) is 4.47. The van der Waals surface area contributed by atoms with E-state index >= 15 is 0 Å². The predicted molar refractivity (Wildman–Crippen MR) is 125 cm³/mol. The Morgan fingerprint density at radius 3 is 0.750 bits per heavy atom. The molecule has 0 aliphatic carbocycles. The van der Waals surface area contributed by atoms with Crippen molar-refractivity contribution in [1.82, 2.24) is 21.3 Å². The molecule has 1 saturated heterocycles. The van der Waals surface area contributed by atoms with E-state index in [0.29, 0.717) is 24.2 Å². The van der Waals surface area contributed by atoms with E-state index in [1.54, 1.807) is 0 Å². The highest BCUT2D eigenvalue weighted by molar-refractivity contribution is 4.84. The van der Waals surface area contributed by atoms with Crippen molar-refractivity contribution in [3.05, 3.63) is 0 Å². The maximum Gasteiger partial charge on any atom is 0.0195 e. The Kier molecular flexibility index (Phi) is 12.9. The van der Waals surface area contributed by atoms with Crippen molar-refractivity contribution in [1.29, 1.82) is 0 Å². The van der Waals surface area contributed by atoms with E-state index < -0.39 is 0 Å². The van der Waals surface area contributed by atoms with Crippen molar-refractivity contribution in [3.63, 3.8) is 0 Å². The number of hydrogen-bond donors (Lipinski definition) is 4. The molecular formula is C24H52N4. The molecule has 0 radical (unpaired) electrons. The summed E-state index contributed by atoms with van der Waals surface area (Å²) in [5, 5.41) is 15.6. The summed E-state index contributed by atoms with van der Waals surface area (Å²) < 4.78 is 0. The number of nitrogens with one attached hydrogen (secondary N) is 4. The van der Waals surface area contributed by atoms with E-state index in [0.717, 1.165) is 49.9 Å². The summed E-state index contributed by atoms with van der Waals surface area (Å²) in [6.45, 7) is 23.0. The molecule has 0 aromatic rings. The first-order chi connectivity index (χ1) is 13.2. The fourth-order valence-electron chi connectivity index (χ4n) is 4.47. The standard InChI is InChI=1S/C24H52N4/c1-17(2)9-21-13-26-23(11-19(5)6)15-28-24(12-20(7)8)16-27-22(14-25-21)10-18(3)4/h17-28H,9-16H2,1-8H3/t21-,22-,23-,24-/m0/s1. The van der Waals surface area contributed by atoms with E-state index in [-0.39, 0.29) is 0 Å². The molecule has 1 rings (SSSR count). The van der Waals surface area contributed by atoms with Crippen LogP contribution in [0.4, 0.5) is 0 Å². The maximum atomic E-state index is 3.91. The Morgan fingerprint density at radius 2 is 0.607 bits per heavy atom. The molecule has 0 amide bonds. The van der Waals surface area contributed by atoms with Crippen molar-refractivity contribution in [2.24, 2.45) is 23.7 Å². The molecule has 1 fully saturated rings. The summed E-state index contributed by atoms with van der Waals surface area (Å²) in [7, 11) is 0. The zero-order valence-corrected chi connectivity index (χ0v) is 20.3. The van der Waals surface area contributed by atoms with E-state index in [2.05, 4.69) is 76.7 Å². The minimum absolute atomic E-state index is 0.553. The Hall–Kier alpha value is -0.160. The topological polar surface area (TPSA) is 48.1 Å². The van der Waals surface area contributed by atoms with Crippen LogP contribution in [0.25, 0.3) is 0 Å².